The van der Waals surface area contributed by atoms with E-state index < -0.39 is 0 Å². The van der Waals surface area contributed by atoms with E-state index >= 15 is 0 Å². The summed E-state index contributed by atoms with van der Waals surface area (Å²) in [5.41, 5.74) is 2.58. The third-order valence-corrected chi connectivity index (χ3v) is 4.81. The van der Waals surface area contributed by atoms with Crippen LogP contribution in [0.5, 0.6) is 5.75 Å². The number of H-pyrrole nitrogens is 1. The molecule has 7 nitrogen and oxygen atoms in total. The molecule has 0 radical (unpaired) electrons. The maximum absolute atomic E-state index is 12.6. The summed E-state index contributed by atoms with van der Waals surface area (Å²) in [6.45, 7) is 0.340. The fourth-order valence-electron chi connectivity index (χ4n) is 3.34. The molecule has 1 amide bonds. The highest BCUT2D eigenvalue weighted by Gasteiger charge is 2.26. The lowest BCUT2D eigenvalue weighted by molar-refractivity contribution is -0.121. The smallest absolute Gasteiger partial charge is 0.249 e. The molecule has 0 aliphatic carbocycles. The van der Waals surface area contributed by atoms with Crippen molar-refractivity contribution in [2.45, 2.75) is 6.42 Å². The number of nitrogens with one attached hydrogen (secondary N) is 2. The second-order valence-corrected chi connectivity index (χ2v) is 6.71. The van der Waals surface area contributed by atoms with Crippen molar-refractivity contribution < 1.29 is 9.53 Å². The number of aromatic amines is 1. The molecule has 2 aromatic carbocycles. The van der Waals surface area contributed by atoms with Gasteiger partial charge < -0.3 is 4.74 Å². The molecule has 0 spiro atoms. The van der Waals surface area contributed by atoms with E-state index in [9.17, 15) is 4.79 Å². The van der Waals surface area contributed by atoms with Crippen LogP contribution in [0, 0.1) is 5.92 Å². The van der Waals surface area contributed by atoms with E-state index in [-0.39, 0.29) is 17.8 Å². The Labute approximate surface area is 160 Å². The Balaban J connectivity index is 1.31. The van der Waals surface area contributed by atoms with Gasteiger partial charge in [0.15, 0.2) is 5.82 Å². The number of fused-ring (bicyclic) bond motifs is 2. The van der Waals surface area contributed by atoms with Gasteiger partial charge in [0.1, 0.15) is 18.1 Å². The molecule has 138 valence electrons. The van der Waals surface area contributed by atoms with Crippen LogP contribution in [0.3, 0.4) is 0 Å². The number of amides is 1. The van der Waals surface area contributed by atoms with Crippen molar-refractivity contribution in [2.24, 2.45) is 5.92 Å². The first kappa shape index (κ1) is 16.4. The fraction of sp³-hybridized carbons (Fsp3) is 0.143. The van der Waals surface area contributed by atoms with Crippen molar-refractivity contribution in [3.05, 3.63) is 66.2 Å². The Morgan fingerprint density at radius 2 is 1.89 bits per heavy atom. The molecule has 5 rings (SSSR count). The van der Waals surface area contributed by atoms with Gasteiger partial charge >= 0.3 is 0 Å². The van der Waals surface area contributed by atoms with Crippen LogP contribution in [0.15, 0.2) is 60.7 Å². The summed E-state index contributed by atoms with van der Waals surface area (Å²) >= 11 is 0. The van der Waals surface area contributed by atoms with Gasteiger partial charge in [-0.3, -0.25) is 15.2 Å². The Kier molecular flexibility index (Phi) is 3.97. The van der Waals surface area contributed by atoms with E-state index in [0.29, 0.717) is 24.5 Å². The minimum Gasteiger partial charge on any atom is -0.492 e. The van der Waals surface area contributed by atoms with Gasteiger partial charge in [-0.1, -0.05) is 42.5 Å². The van der Waals surface area contributed by atoms with Crippen LogP contribution in [-0.2, 0) is 11.2 Å². The SMILES string of the molecule is O=C(Nc1n[nH]c(-c2ccc3ccccc3n2)n1)C1COc2ccccc2C1. The Bertz CT molecular complexity index is 1170. The number of para-hydroxylation sites is 2. The molecular formula is C21H17N5O2. The Hall–Kier alpha value is -3.74. The summed E-state index contributed by atoms with van der Waals surface area (Å²) in [5.74, 6) is 1.14. The number of anilines is 1. The van der Waals surface area contributed by atoms with Crippen LogP contribution < -0.4 is 10.1 Å². The summed E-state index contributed by atoms with van der Waals surface area (Å²) in [7, 11) is 0. The van der Waals surface area contributed by atoms with Crippen molar-refractivity contribution in [3.8, 4) is 17.3 Å². The van der Waals surface area contributed by atoms with E-state index in [2.05, 4.69) is 25.5 Å². The van der Waals surface area contributed by atoms with Crippen molar-refractivity contribution in [3.63, 3.8) is 0 Å². The molecule has 1 atom stereocenters. The average molecular weight is 371 g/mol. The number of aromatic nitrogens is 4. The molecule has 0 saturated heterocycles. The number of carbonyl (C=O) groups is 1. The molecule has 0 bridgehead atoms. The molecule has 4 aromatic rings. The topological polar surface area (TPSA) is 92.8 Å². The van der Waals surface area contributed by atoms with E-state index in [0.717, 1.165) is 22.2 Å². The van der Waals surface area contributed by atoms with Crippen LogP contribution in [0.1, 0.15) is 5.56 Å². The first-order chi connectivity index (χ1) is 13.8. The fourth-order valence-corrected chi connectivity index (χ4v) is 3.34. The number of pyridine rings is 1. The molecule has 7 heteroatoms. The second-order valence-electron chi connectivity index (χ2n) is 6.71. The summed E-state index contributed by atoms with van der Waals surface area (Å²) in [6, 6.07) is 19.5. The van der Waals surface area contributed by atoms with Crippen molar-refractivity contribution >= 4 is 22.8 Å². The average Bonchev–Trinajstić information content (AvgIpc) is 3.21. The quantitative estimate of drug-likeness (QED) is 0.577. The van der Waals surface area contributed by atoms with Gasteiger partial charge in [-0.15, -0.1) is 5.10 Å². The van der Waals surface area contributed by atoms with E-state index in [1.807, 2.05) is 60.7 Å². The van der Waals surface area contributed by atoms with Gasteiger partial charge in [-0.2, -0.15) is 4.98 Å². The first-order valence-electron chi connectivity index (χ1n) is 9.06. The van der Waals surface area contributed by atoms with Gasteiger partial charge in [0.25, 0.3) is 0 Å². The normalized spacial score (nSPS) is 15.6. The summed E-state index contributed by atoms with van der Waals surface area (Å²) in [5, 5.41) is 10.8. The van der Waals surface area contributed by atoms with Gasteiger partial charge in [-0.05, 0) is 30.2 Å². The lowest BCUT2D eigenvalue weighted by Crippen LogP contribution is -2.32. The maximum atomic E-state index is 12.6. The second kappa shape index (κ2) is 6.77. The number of rotatable bonds is 3. The minimum atomic E-state index is -0.282. The molecule has 1 unspecified atom stereocenters. The van der Waals surface area contributed by atoms with Gasteiger partial charge in [-0.25, -0.2) is 4.98 Å². The molecular weight excluding hydrogens is 354 g/mol. The highest BCUT2D eigenvalue weighted by molar-refractivity contribution is 5.91. The highest BCUT2D eigenvalue weighted by Crippen LogP contribution is 2.27. The molecule has 2 aromatic heterocycles. The van der Waals surface area contributed by atoms with Crippen LogP contribution in [-0.4, -0.2) is 32.7 Å². The largest absolute Gasteiger partial charge is 0.492 e. The standard InChI is InChI=1S/C21H17N5O2/c27-20(15-11-14-6-2-4-8-18(14)28-12-15)24-21-23-19(25-26-21)17-10-9-13-5-1-3-7-16(13)22-17/h1-10,15H,11-12H2,(H2,23,24,25,26,27). The van der Waals surface area contributed by atoms with E-state index in [1.54, 1.807) is 0 Å². The number of carbonyl (C=O) groups excluding carboxylic acids is 1. The molecule has 3 heterocycles. The third-order valence-electron chi connectivity index (χ3n) is 4.81. The zero-order chi connectivity index (χ0) is 18.9. The third kappa shape index (κ3) is 3.07. The Morgan fingerprint density at radius 1 is 1.04 bits per heavy atom. The number of benzene rings is 2. The van der Waals surface area contributed by atoms with Crippen LogP contribution in [0.4, 0.5) is 5.95 Å². The summed E-state index contributed by atoms with van der Waals surface area (Å²) < 4.78 is 5.69. The predicted octanol–water partition coefficient (Wildman–Crippen LogP) is 3.21. The van der Waals surface area contributed by atoms with E-state index in [1.165, 1.54) is 0 Å². The van der Waals surface area contributed by atoms with Gasteiger partial charge in [0.05, 0.1) is 11.4 Å². The predicted molar refractivity (Wildman–Crippen MR) is 105 cm³/mol. The number of hydrogen-bond acceptors (Lipinski definition) is 5. The van der Waals surface area contributed by atoms with E-state index in [4.69, 9.17) is 4.74 Å². The summed E-state index contributed by atoms with van der Waals surface area (Å²) in [4.78, 5) is 21.5. The zero-order valence-corrected chi connectivity index (χ0v) is 14.9. The molecule has 0 fully saturated rings. The number of nitrogens with zero attached hydrogens (tertiary/aromatic N) is 3. The van der Waals surface area contributed by atoms with Gasteiger partial charge in [0, 0.05) is 5.39 Å². The van der Waals surface area contributed by atoms with Crippen LogP contribution in [0.25, 0.3) is 22.4 Å². The number of hydrogen-bond donors (Lipinski definition) is 2. The molecule has 2 N–H and O–H groups in total. The summed E-state index contributed by atoms with van der Waals surface area (Å²) in [6.07, 6.45) is 0.630. The highest BCUT2D eigenvalue weighted by atomic mass is 16.5. The van der Waals surface area contributed by atoms with Crippen LogP contribution in [0.2, 0.25) is 0 Å². The Morgan fingerprint density at radius 3 is 2.86 bits per heavy atom. The van der Waals surface area contributed by atoms with Crippen molar-refractivity contribution in [1.29, 1.82) is 0 Å². The molecule has 0 saturated carbocycles. The number of ether oxygens (including phenoxy) is 1. The monoisotopic (exact) mass is 371 g/mol. The van der Waals surface area contributed by atoms with Crippen LogP contribution >= 0.6 is 0 Å². The molecule has 1 aliphatic heterocycles. The zero-order valence-electron chi connectivity index (χ0n) is 14.9. The first-order valence-corrected chi connectivity index (χ1v) is 9.06. The molecule has 1 aliphatic rings. The van der Waals surface area contributed by atoms with Gasteiger partial charge in [0.2, 0.25) is 11.9 Å². The molecule has 28 heavy (non-hydrogen) atoms. The lowest BCUT2D eigenvalue weighted by Gasteiger charge is -2.23. The minimum absolute atomic E-state index is 0.161. The maximum Gasteiger partial charge on any atom is 0.249 e. The lowest BCUT2D eigenvalue weighted by atomic mass is 9.96. The van der Waals surface area contributed by atoms with Crippen molar-refractivity contribution in [1.82, 2.24) is 20.2 Å². The van der Waals surface area contributed by atoms with Crippen molar-refractivity contribution in [2.75, 3.05) is 11.9 Å².